The number of anilines is 2. The summed E-state index contributed by atoms with van der Waals surface area (Å²) in [6.07, 6.45) is 2.16. The number of fused-ring (bicyclic) bond motifs is 2. The van der Waals surface area contributed by atoms with E-state index in [-0.39, 0.29) is 36.7 Å². The minimum atomic E-state index is -0.431. The number of likely N-dealkylation sites (N-methyl/N-ethyl adjacent to an activating group) is 1. The third-order valence-electron chi connectivity index (χ3n) is 8.38. The number of urea groups is 1. The van der Waals surface area contributed by atoms with Crippen LogP contribution in [0.5, 0.6) is 5.75 Å². The second-order valence-electron chi connectivity index (χ2n) is 12.2. The van der Waals surface area contributed by atoms with Gasteiger partial charge >= 0.3 is 6.03 Å². The van der Waals surface area contributed by atoms with E-state index in [0.29, 0.717) is 31.0 Å². The van der Waals surface area contributed by atoms with E-state index in [1.807, 2.05) is 100 Å². The lowest BCUT2D eigenvalue weighted by molar-refractivity contribution is -0.0115. The van der Waals surface area contributed by atoms with Gasteiger partial charge in [0.2, 0.25) is 0 Å². The number of benzene rings is 3. The first-order valence-electron chi connectivity index (χ1n) is 15.6. The predicted molar refractivity (Wildman–Crippen MR) is 177 cm³/mol. The fraction of sp³-hybridized carbons (Fsp3) is 0.486. The SMILES string of the molecule is C[C@@H]1CN([C@@H](C)CO)C(=O)c2cc(N(C)C)ccc2O[C@@H](C)CCCCO[C@@H]1CN(C)C(=O)Nc1cccc2ccccc12. The van der Waals surface area contributed by atoms with Gasteiger partial charge in [-0.05, 0) is 62.8 Å². The van der Waals surface area contributed by atoms with Gasteiger partial charge in [-0.2, -0.15) is 0 Å². The van der Waals surface area contributed by atoms with Gasteiger partial charge in [-0.25, -0.2) is 4.79 Å². The van der Waals surface area contributed by atoms with Crippen LogP contribution >= 0.6 is 0 Å². The molecule has 9 heteroatoms. The van der Waals surface area contributed by atoms with Gasteiger partial charge in [0.05, 0.1) is 36.1 Å². The topological polar surface area (TPSA) is 94.6 Å². The van der Waals surface area contributed by atoms with E-state index in [4.69, 9.17) is 9.47 Å². The number of nitrogens with one attached hydrogen (secondary N) is 1. The summed E-state index contributed by atoms with van der Waals surface area (Å²) in [6.45, 7) is 6.92. The van der Waals surface area contributed by atoms with E-state index < -0.39 is 6.04 Å². The first kappa shape index (κ1) is 33.1. The van der Waals surface area contributed by atoms with Crippen LogP contribution in [0.1, 0.15) is 50.4 Å². The third-order valence-corrected chi connectivity index (χ3v) is 8.38. The summed E-state index contributed by atoms with van der Waals surface area (Å²) in [7, 11) is 5.63. The Morgan fingerprint density at radius 1 is 1.07 bits per heavy atom. The summed E-state index contributed by atoms with van der Waals surface area (Å²) in [5.74, 6) is 0.205. The molecule has 0 radical (unpaired) electrons. The normalized spacial score (nSPS) is 20.7. The molecule has 1 aliphatic heterocycles. The fourth-order valence-corrected chi connectivity index (χ4v) is 5.55. The first-order valence-corrected chi connectivity index (χ1v) is 15.6. The van der Waals surface area contributed by atoms with Gasteiger partial charge in [-0.15, -0.1) is 0 Å². The molecule has 1 aliphatic rings. The Morgan fingerprint density at radius 2 is 1.82 bits per heavy atom. The Morgan fingerprint density at radius 3 is 2.57 bits per heavy atom. The molecule has 3 aromatic carbocycles. The molecule has 0 aliphatic carbocycles. The van der Waals surface area contributed by atoms with Gasteiger partial charge in [-0.1, -0.05) is 43.3 Å². The van der Waals surface area contributed by atoms with E-state index in [1.54, 1.807) is 16.8 Å². The average molecular weight is 605 g/mol. The molecule has 238 valence electrons. The molecule has 2 N–H and O–H groups in total. The van der Waals surface area contributed by atoms with Crippen molar-refractivity contribution in [3.63, 3.8) is 0 Å². The van der Waals surface area contributed by atoms with Crippen LogP contribution in [0.15, 0.2) is 60.7 Å². The Balaban J connectivity index is 1.58. The summed E-state index contributed by atoms with van der Waals surface area (Å²) < 4.78 is 12.7. The molecule has 4 rings (SSSR count). The van der Waals surface area contributed by atoms with Crippen LogP contribution in [0.3, 0.4) is 0 Å². The second-order valence-corrected chi connectivity index (χ2v) is 12.2. The molecule has 0 saturated carbocycles. The number of amides is 3. The molecular weight excluding hydrogens is 556 g/mol. The van der Waals surface area contributed by atoms with Crippen molar-refractivity contribution >= 4 is 34.1 Å². The van der Waals surface area contributed by atoms with E-state index in [0.717, 1.165) is 41.4 Å². The molecule has 3 aromatic rings. The lowest BCUT2D eigenvalue weighted by atomic mass is 10.0. The van der Waals surface area contributed by atoms with E-state index in [1.165, 1.54) is 0 Å². The number of hydrogen-bond acceptors (Lipinski definition) is 6. The molecule has 9 nitrogen and oxygen atoms in total. The highest BCUT2D eigenvalue weighted by Crippen LogP contribution is 2.29. The van der Waals surface area contributed by atoms with Crippen molar-refractivity contribution in [2.45, 2.75) is 58.3 Å². The molecule has 1 heterocycles. The van der Waals surface area contributed by atoms with Gasteiger partial charge in [0.15, 0.2) is 0 Å². The zero-order valence-corrected chi connectivity index (χ0v) is 27.0. The zero-order valence-electron chi connectivity index (χ0n) is 27.0. The van der Waals surface area contributed by atoms with Crippen molar-refractivity contribution in [3.8, 4) is 5.75 Å². The molecule has 4 atom stereocenters. The minimum absolute atomic E-state index is 0.0861. The number of carbonyl (C=O) groups excluding carboxylic acids is 2. The van der Waals surface area contributed by atoms with Gasteiger partial charge in [0.25, 0.3) is 5.91 Å². The number of ether oxygens (including phenoxy) is 2. The van der Waals surface area contributed by atoms with Crippen LogP contribution in [0, 0.1) is 5.92 Å². The lowest BCUT2D eigenvalue weighted by Crippen LogP contribution is -2.48. The Labute approximate surface area is 261 Å². The van der Waals surface area contributed by atoms with Gasteiger partial charge < -0.3 is 34.6 Å². The lowest BCUT2D eigenvalue weighted by Gasteiger charge is -2.36. The van der Waals surface area contributed by atoms with E-state index in [2.05, 4.69) is 5.32 Å². The van der Waals surface area contributed by atoms with Crippen LogP contribution in [0.4, 0.5) is 16.2 Å². The molecular formula is C35H48N4O5. The van der Waals surface area contributed by atoms with Crippen LogP contribution < -0.4 is 15.0 Å². The van der Waals surface area contributed by atoms with Crippen LogP contribution in [-0.4, -0.2) is 92.5 Å². The number of aliphatic hydroxyl groups is 1. The van der Waals surface area contributed by atoms with Crippen molar-refractivity contribution in [3.05, 3.63) is 66.2 Å². The van der Waals surface area contributed by atoms with E-state index >= 15 is 0 Å². The molecule has 0 spiro atoms. The summed E-state index contributed by atoms with van der Waals surface area (Å²) in [6, 6.07) is 18.8. The molecule has 3 amide bonds. The van der Waals surface area contributed by atoms with Crippen molar-refractivity contribution in [2.24, 2.45) is 5.92 Å². The predicted octanol–water partition coefficient (Wildman–Crippen LogP) is 5.87. The molecule has 0 fully saturated rings. The number of aliphatic hydroxyl groups excluding tert-OH is 1. The van der Waals surface area contributed by atoms with Crippen molar-refractivity contribution in [1.82, 2.24) is 9.80 Å². The van der Waals surface area contributed by atoms with Crippen molar-refractivity contribution in [1.29, 1.82) is 0 Å². The van der Waals surface area contributed by atoms with Crippen LogP contribution in [0.2, 0.25) is 0 Å². The largest absolute Gasteiger partial charge is 0.490 e. The second kappa shape index (κ2) is 15.3. The van der Waals surface area contributed by atoms with Gasteiger partial charge in [0, 0.05) is 57.8 Å². The van der Waals surface area contributed by atoms with Crippen molar-refractivity contribution < 1.29 is 24.2 Å². The summed E-state index contributed by atoms with van der Waals surface area (Å²) in [5, 5.41) is 15.3. The van der Waals surface area contributed by atoms with Crippen LogP contribution in [0.25, 0.3) is 10.8 Å². The Hall–Kier alpha value is -3.82. The monoisotopic (exact) mass is 604 g/mol. The average Bonchev–Trinajstić information content (AvgIpc) is 3.01. The maximum atomic E-state index is 14.2. The highest BCUT2D eigenvalue weighted by atomic mass is 16.5. The smallest absolute Gasteiger partial charge is 0.321 e. The fourth-order valence-electron chi connectivity index (χ4n) is 5.55. The Bertz CT molecular complexity index is 1410. The highest BCUT2D eigenvalue weighted by Gasteiger charge is 2.31. The number of rotatable bonds is 6. The van der Waals surface area contributed by atoms with Gasteiger partial charge in [-0.3, -0.25) is 4.79 Å². The van der Waals surface area contributed by atoms with E-state index in [9.17, 15) is 14.7 Å². The Kier molecular flexibility index (Phi) is 11.5. The number of carbonyl (C=O) groups is 2. The molecule has 0 aromatic heterocycles. The summed E-state index contributed by atoms with van der Waals surface area (Å²) >= 11 is 0. The molecule has 0 unspecified atom stereocenters. The number of hydrogen-bond donors (Lipinski definition) is 2. The minimum Gasteiger partial charge on any atom is -0.490 e. The zero-order chi connectivity index (χ0) is 31.8. The van der Waals surface area contributed by atoms with Crippen LogP contribution in [-0.2, 0) is 4.74 Å². The maximum absolute atomic E-state index is 14.2. The molecule has 44 heavy (non-hydrogen) atoms. The first-order chi connectivity index (χ1) is 21.1. The summed E-state index contributed by atoms with van der Waals surface area (Å²) in [4.78, 5) is 32.9. The standard InChI is InChI=1S/C35H48N4O5/c1-24-21-39(25(2)23-40)34(41)30-20-28(37(4)5)17-18-32(30)44-26(3)12-9-10-19-43-33(24)22-38(6)35(42)36-31-16-11-14-27-13-7-8-15-29(27)31/h7-8,11,13-18,20,24-26,33,40H,9-10,12,19,21-23H2,1-6H3,(H,36,42)/t24-,25+,26+,33-/m1/s1. The summed E-state index contributed by atoms with van der Waals surface area (Å²) in [5.41, 5.74) is 2.11. The molecule has 0 saturated heterocycles. The quantitative estimate of drug-likeness (QED) is 0.366. The van der Waals surface area contributed by atoms with Gasteiger partial charge in [0.1, 0.15) is 5.75 Å². The maximum Gasteiger partial charge on any atom is 0.321 e. The number of nitrogens with zero attached hydrogens (tertiary/aromatic N) is 3. The molecule has 0 bridgehead atoms. The van der Waals surface area contributed by atoms with Crippen molar-refractivity contribution in [2.75, 3.05) is 57.7 Å². The third kappa shape index (κ3) is 8.21. The highest BCUT2D eigenvalue weighted by molar-refractivity contribution is 6.01.